The lowest BCUT2D eigenvalue weighted by Gasteiger charge is -2.15. The Balaban J connectivity index is 3.54. The quantitative estimate of drug-likeness (QED) is 0.496. The van der Waals surface area contributed by atoms with Gasteiger partial charge in [0.05, 0.1) is 12.0 Å². The fourth-order valence-electron chi connectivity index (χ4n) is 0.279. The van der Waals surface area contributed by atoms with Gasteiger partial charge in [0.25, 0.3) is 0 Å². The fourth-order valence-corrected chi connectivity index (χ4v) is 0.279. The van der Waals surface area contributed by atoms with Crippen molar-refractivity contribution >= 4 is 5.97 Å². The molecule has 0 saturated carbocycles. The molecule has 0 saturated heterocycles. The summed E-state index contributed by atoms with van der Waals surface area (Å²) in [6, 6.07) is 0. The average molecular weight is 161 g/mol. The van der Waals surface area contributed by atoms with Gasteiger partial charge in [-0.3, -0.25) is 4.84 Å². The summed E-state index contributed by atoms with van der Waals surface area (Å²) in [5.41, 5.74) is 1.60. The van der Waals surface area contributed by atoms with E-state index >= 15 is 0 Å². The largest absolute Gasteiger partial charge is 0.345 e. The van der Waals surface area contributed by atoms with Crippen LogP contribution in [0.25, 0.3) is 0 Å². The summed E-state index contributed by atoms with van der Waals surface area (Å²) >= 11 is 0. The lowest BCUT2D eigenvalue weighted by molar-refractivity contribution is -0.199. The highest BCUT2D eigenvalue weighted by atomic mass is 16.9. The van der Waals surface area contributed by atoms with Crippen LogP contribution in [0.2, 0.25) is 0 Å². The van der Waals surface area contributed by atoms with Gasteiger partial charge in [-0.15, -0.1) is 0 Å². The molecule has 11 heavy (non-hydrogen) atoms. The fraction of sp³-hybridized carbons (Fsp3) is 0.857. The van der Waals surface area contributed by atoms with E-state index in [1.54, 1.807) is 27.7 Å². The molecular weight excluding hydrogens is 146 g/mol. The van der Waals surface area contributed by atoms with Gasteiger partial charge in [-0.25, -0.2) is 4.79 Å². The third-order valence-electron chi connectivity index (χ3n) is 0.950. The lowest BCUT2D eigenvalue weighted by Crippen LogP contribution is -2.29. The van der Waals surface area contributed by atoms with Crippen molar-refractivity contribution in [3.8, 4) is 0 Å². The van der Waals surface area contributed by atoms with Crippen molar-refractivity contribution in [1.82, 2.24) is 5.64 Å². The molecule has 0 fully saturated rings. The number of rotatable bonds is 3. The summed E-state index contributed by atoms with van der Waals surface area (Å²) in [5.74, 6) is -0.342. The molecule has 66 valence electrons. The number of hydrogen-bond donors (Lipinski definition) is 1. The van der Waals surface area contributed by atoms with Gasteiger partial charge in [0, 0.05) is 0 Å². The molecule has 0 aliphatic carbocycles. The minimum atomic E-state index is -0.496. The first-order valence-electron chi connectivity index (χ1n) is 3.56. The highest BCUT2D eigenvalue weighted by Gasteiger charge is 2.23. The Bertz CT molecular complexity index is 128. The number of hydrogen-bond acceptors (Lipinski definition) is 4. The predicted molar refractivity (Wildman–Crippen MR) is 40.3 cm³/mol. The first-order valence-corrected chi connectivity index (χ1v) is 3.56. The van der Waals surface area contributed by atoms with Crippen LogP contribution in [0.4, 0.5) is 0 Å². The minimum Gasteiger partial charge on any atom is -0.345 e. The molecule has 0 rings (SSSR count). The minimum absolute atomic E-state index is 0.342. The van der Waals surface area contributed by atoms with Crippen molar-refractivity contribution in [3.05, 3.63) is 0 Å². The van der Waals surface area contributed by atoms with E-state index in [2.05, 4.69) is 15.3 Å². The Morgan fingerprint density at radius 2 is 2.00 bits per heavy atom. The van der Waals surface area contributed by atoms with Gasteiger partial charge < -0.3 is 4.84 Å². The SMILES string of the molecule is CCONOC(=O)C(C)(C)C. The Labute approximate surface area is 66.8 Å². The van der Waals surface area contributed by atoms with Crippen LogP contribution in [-0.4, -0.2) is 12.6 Å². The number of carbonyl (C=O) groups excluding carboxylic acids is 1. The summed E-state index contributed by atoms with van der Waals surface area (Å²) < 4.78 is 0. The highest BCUT2D eigenvalue weighted by molar-refractivity contribution is 5.74. The molecule has 0 aromatic rings. The van der Waals surface area contributed by atoms with Crippen molar-refractivity contribution in [1.29, 1.82) is 0 Å². The van der Waals surface area contributed by atoms with Crippen molar-refractivity contribution in [2.75, 3.05) is 6.61 Å². The Morgan fingerprint density at radius 3 is 2.36 bits per heavy atom. The van der Waals surface area contributed by atoms with Gasteiger partial charge in [-0.1, -0.05) is 0 Å². The van der Waals surface area contributed by atoms with Crippen LogP contribution in [0.1, 0.15) is 27.7 Å². The Kier molecular flexibility index (Phi) is 4.07. The predicted octanol–water partition coefficient (Wildman–Crippen LogP) is 1.03. The van der Waals surface area contributed by atoms with Gasteiger partial charge >= 0.3 is 5.97 Å². The number of carbonyl (C=O) groups is 1. The van der Waals surface area contributed by atoms with E-state index in [1.165, 1.54) is 0 Å². The summed E-state index contributed by atoms with van der Waals surface area (Å²) in [6.45, 7) is 7.55. The monoisotopic (exact) mass is 161 g/mol. The van der Waals surface area contributed by atoms with Crippen LogP contribution in [0.15, 0.2) is 0 Å². The molecule has 0 amide bonds. The summed E-state index contributed by atoms with van der Waals surface area (Å²) in [6.07, 6.45) is 0. The normalized spacial score (nSPS) is 11.3. The van der Waals surface area contributed by atoms with Crippen LogP contribution in [0, 0.1) is 5.41 Å². The van der Waals surface area contributed by atoms with Gasteiger partial charge in [-0.05, 0) is 33.3 Å². The van der Waals surface area contributed by atoms with Crippen LogP contribution < -0.4 is 5.64 Å². The molecule has 4 nitrogen and oxygen atoms in total. The van der Waals surface area contributed by atoms with E-state index in [9.17, 15) is 4.79 Å². The van der Waals surface area contributed by atoms with Gasteiger partial charge in [0.15, 0.2) is 0 Å². The molecule has 0 aliphatic heterocycles. The van der Waals surface area contributed by atoms with Crippen molar-refractivity contribution < 1.29 is 14.5 Å². The standard InChI is InChI=1S/C7H15NO3/c1-5-10-8-11-6(9)7(2,3)4/h8H,5H2,1-4H3. The molecule has 0 radical (unpaired) electrons. The second-order valence-corrected chi connectivity index (χ2v) is 3.16. The molecule has 1 N–H and O–H groups in total. The summed E-state index contributed by atoms with van der Waals surface area (Å²) in [7, 11) is 0. The topological polar surface area (TPSA) is 47.6 Å². The summed E-state index contributed by atoms with van der Waals surface area (Å²) in [5, 5.41) is 0. The first kappa shape index (κ1) is 10.4. The maximum Gasteiger partial charge on any atom is 0.333 e. The smallest absolute Gasteiger partial charge is 0.333 e. The average Bonchev–Trinajstić information content (AvgIpc) is 1.86. The van der Waals surface area contributed by atoms with Gasteiger partial charge in [-0.2, -0.15) is 0 Å². The highest BCUT2D eigenvalue weighted by Crippen LogP contribution is 2.13. The molecule has 0 aromatic heterocycles. The third-order valence-corrected chi connectivity index (χ3v) is 0.950. The number of nitrogens with one attached hydrogen (secondary N) is 1. The zero-order valence-electron chi connectivity index (χ0n) is 7.43. The van der Waals surface area contributed by atoms with E-state index in [4.69, 9.17) is 0 Å². The molecule has 0 spiro atoms. The Morgan fingerprint density at radius 1 is 1.45 bits per heavy atom. The first-order chi connectivity index (χ1) is 4.98. The molecule has 0 aliphatic rings. The zero-order valence-corrected chi connectivity index (χ0v) is 7.43. The molecule has 0 heterocycles. The third kappa shape index (κ3) is 4.75. The molecular formula is C7H15NO3. The van der Waals surface area contributed by atoms with E-state index < -0.39 is 5.41 Å². The van der Waals surface area contributed by atoms with Crippen molar-refractivity contribution in [2.24, 2.45) is 5.41 Å². The zero-order chi connectivity index (χ0) is 8.91. The van der Waals surface area contributed by atoms with Crippen LogP contribution >= 0.6 is 0 Å². The summed E-state index contributed by atoms with van der Waals surface area (Å²) in [4.78, 5) is 20.1. The van der Waals surface area contributed by atoms with Crippen LogP contribution in [-0.2, 0) is 14.5 Å². The molecule has 0 aromatic carbocycles. The van der Waals surface area contributed by atoms with Crippen LogP contribution in [0.3, 0.4) is 0 Å². The maximum atomic E-state index is 11.0. The lowest BCUT2D eigenvalue weighted by atomic mass is 9.98. The van der Waals surface area contributed by atoms with Crippen LogP contribution in [0.5, 0.6) is 0 Å². The maximum absolute atomic E-state index is 11.0. The van der Waals surface area contributed by atoms with Crippen molar-refractivity contribution in [2.45, 2.75) is 27.7 Å². The second kappa shape index (κ2) is 4.31. The molecule has 0 atom stereocenters. The molecule has 4 heteroatoms. The molecule has 0 bridgehead atoms. The van der Waals surface area contributed by atoms with E-state index in [0.717, 1.165) is 0 Å². The Hall–Kier alpha value is -0.610. The van der Waals surface area contributed by atoms with Crippen molar-refractivity contribution in [3.63, 3.8) is 0 Å². The molecule has 0 unspecified atom stereocenters. The van der Waals surface area contributed by atoms with Gasteiger partial charge in [0.2, 0.25) is 0 Å². The van der Waals surface area contributed by atoms with E-state index in [0.29, 0.717) is 6.61 Å². The van der Waals surface area contributed by atoms with Gasteiger partial charge in [0.1, 0.15) is 0 Å². The second-order valence-electron chi connectivity index (χ2n) is 3.16. The van der Waals surface area contributed by atoms with E-state index in [-0.39, 0.29) is 5.97 Å². The van der Waals surface area contributed by atoms with E-state index in [1.807, 2.05) is 0 Å².